The Morgan fingerprint density at radius 1 is 1.06 bits per heavy atom. The zero-order chi connectivity index (χ0) is 24.3. The average molecular weight is 489 g/mol. The minimum atomic E-state index is -5.17. The van der Waals surface area contributed by atoms with Crippen LogP contribution in [0.4, 0.5) is 13.2 Å². The lowest BCUT2D eigenvalue weighted by atomic mass is 10.1. The maximum atomic E-state index is 12.8. The van der Waals surface area contributed by atoms with Crippen molar-refractivity contribution in [2.45, 2.75) is 44.6 Å². The van der Waals surface area contributed by atoms with Crippen molar-refractivity contribution in [2.75, 3.05) is 0 Å². The number of alkyl halides is 3. The number of amides is 1. The van der Waals surface area contributed by atoms with Crippen LogP contribution in [0.15, 0.2) is 60.7 Å². The first kappa shape index (κ1) is 24.0. The van der Waals surface area contributed by atoms with E-state index in [1.807, 2.05) is 37.3 Å². The number of nitrogens with one attached hydrogen (secondary N) is 2. The van der Waals surface area contributed by atoms with E-state index in [9.17, 15) is 22.8 Å². The Bertz CT molecular complexity index is 1180. The Labute approximate surface area is 198 Å². The standard InChI is InChI=1S/C25H23F3N2O3S/c1-15-7-9-18(34-15)14-29-21-12-20(21)17-8-10-19(22(11-17)33-24(32)25(26,27)28)23(31)30-13-16-5-3-2-4-6-16/h2-11,20-21,29H,12-14H2,1H3,(H,30,31). The molecule has 1 fully saturated rings. The molecule has 2 atom stereocenters. The predicted molar refractivity (Wildman–Crippen MR) is 123 cm³/mol. The molecule has 2 aromatic carbocycles. The van der Waals surface area contributed by atoms with E-state index >= 15 is 0 Å². The molecule has 2 unspecified atom stereocenters. The molecular formula is C25H23F3N2O3S. The Morgan fingerprint density at radius 2 is 1.82 bits per heavy atom. The number of benzene rings is 2. The monoisotopic (exact) mass is 488 g/mol. The second-order valence-electron chi connectivity index (χ2n) is 8.15. The summed E-state index contributed by atoms with van der Waals surface area (Å²) in [6.07, 6.45) is -4.37. The molecule has 9 heteroatoms. The zero-order valence-electron chi connectivity index (χ0n) is 18.3. The van der Waals surface area contributed by atoms with Gasteiger partial charge in [0.25, 0.3) is 5.91 Å². The van der Waals surface area contributed by atoms with Crippen LogP contribution < -0.4 is 15.4 Å². The minimum Gasteiger partial charge on any atom is -0.419 e. The molecule has 5 nitrogen and oxygen atoms in total. The third kappa shape index (κ3) is 6.03. The molecule has 34 heavy (non-hydrogen) atoms. The summed E-state index contributed by atoms with van der Waals surface area (Å²) in [7, 11) is 0. The number of carbonyl (C=O) groups excluding carboxylic acids is 2. The highest BCUT2D eigenvalue weighted by atomic mass is 32.1. The first-order chi connectivity index (χ1) is 16.2. The summed E-state index contributed by atoms with van der Waals surface area (Å²) in [5.41, 5.74) is 1.41. The molecule has 1 heterocycles. The van der Waals surface area contributed by atoms with Gasteiger partial charge in [-0.25, -0.2) is 4.79 Å². The first-order valence-corrected chi connectivity index (χ1v) is 11.6. The number of esters is 1. The fourth-order valence-corrected chi connectivity index (χ4v) is 4.51. The van der Waals surface area contributed by atoms with Gasteiger partial charge in [-0.15, -0.1) is 11.3 Å². The molecule has 2 N–H and O–H groups in total. The second-order valence-corrected chi connectivity index (χ2v) is 9.53. The normalized spacial score (nSPS) is 17.3. The summed E-state index contributed by atoms with van der Waals surface area (Å²) >= 11 is 1.70. The predicted octanol–water partition coefficient (Wildman–Crippen LogP) is 5.10. The highest BCUT2D eigenvalue weighted by Crippen LogP contribution is 2.43. The fraction of sp³-hybridized carbons (Fsp3) is 0.280. The van der Waals surface area contributed by atoms with Crippen molar-refractivity contribution in [2.24, 2.45) is 0 Å². The molecule has 0 aliphatic heterocycles. The van der Waals surface area contributed by atoms with Crippen LogP contribution in [-0.2, 0) is 17.9 Å². The van der Waals surface area contributed by atoms with Crippen LogP contribution in [0.2, 0.25) is 0 Å². The van der Waals surface area contributed by atoms with Crippen LogP contribution in [0.5, 0.6) is 5.75 Å². The van der Waals surface area contributed by atoms with Gasteiger partial charge in [0, 0.05) is 34.8 Å². The maximum Gasteiger partial charge on any atom is 0.491 e. The van der Waals surface area contributed by atoms with Crippen LogP contribution in [0, 0.1) is 6.92 Å². The molecule has 3 aromatic rings. The van der Waals surface area contributed by atoms with Crippen molar-refractivity contribution in [3.8, 4) is 5.75 Å². The molecule has 1 aromatic heterocycles. The van der Waals surface area contributed by atoms with Crippen LogP contribution in [0.1, 0.15) is 43.6 Å². The minimum absolute atomic E-state index is 0.0610. The zero-order valence-corrected chi connectivity index (χ0v) is 19.1. The van der Waals surface area contributed by atoms with E-state index < -0.39 is 23.8 Å². The average Bonchev–Trinajstić information content (AvgIpc) is 3.47. The highest BCUT2D eigenvalue weighted by Gasteiger charge is 2.43. The van der Waals surface area contributed by atoms with Gasteiger partial charge in [0.1, 0.15) is 5.75 Å². The maximum absolute atomic E-state index is 12.8. The summed E-state index contributed by atoms with van der Waals surface area (Å²) in [5, 5.41) is 6.10. The number of aryl methyl sites for hydroxylation is 1. The summed E-state index contributed by atoms with van der Waals surface area (Å²) in [4.78, 5) is 26.6. The van der Waals surface area contributed by atoms with Crippen molar-refractivity contribution < 1.29 is 27.5 Å². The number of hydrogen-bond acceptors (Lipinski definition) is 5. The smallest absolute Gasteiger partial charge is 0.419 e. The van der Waals surface area contributed by atoms with E-state index in [4.69, 9.17) is 0 Å². The molecule has 1 aliphatic rings. The topological polar surface area (TPSA) is 67.4 Å². The van der Waals surface area contributed by atoms with Crippen LogP contribution in [0.25, 0.3) is 0 Å². The SMILES string of the molecule is Cc1ccc(CNC2CC2c2ccc(C(=O)NCc3ccccc3)c(OC(=O)C(F)(F)F)c2)s1. The lowest BCUT2D eigenvalue weighted by molar-refractivity contribution is -0.189. The van der Waals surface area contributed by atoms with E-state index in [1.54, 1.807) is 17.4 Å². The van der Waals surface area contributed by atoms with Gasteiger partial charge >= 0.3 is 12.1 Å². The number of rotatable bonds is 8. The lowest BCUT2D eigenvalue weighted by Crippen LogP contribution is -2.30. The van der Waals surface area contributed by atoms with E-state index in [2.05, 4.69) is 27.5 Å². The molecule has 0 radical (unpaired) electrons. The van der Waals surface area contributed by atoms with E-state index in [0.717, 1.165) is 12.0 Å². The van der Waals surface area contributed by atoms with Crippen molar-refractivity contribution >= 4 is 23.2 Å². The molecule has 4 rings (SSSR count). The first-order valence-electron chi connectivity index (χ1n) is 10.7. The third-order valence-electron chi connectivity index (χ3n) is 5.53. The van der Waals surface area contributed by atoms with Crippen molar-refractivity contribution in [1.29, 1.82) is 0 Å². The molecule has 1 saturated carbocycles. The van der Waals surface area contributed by atoms with Gasteiger partial charge in [0.2, 0.25) is 0 Å². The van der Waals surface area contributed by atoms with Gasteiger partial charge in [-0.05, 0) is 48.7 Å². The van der Waals surface area contributed by atoms with E-state index in [0.29, 0.717) is 12.1 Å². The van der Waals surface area contributed by atoms with Gasteiger partial charge in [0.15, 0.2) is 0 Å². The van der Waals surface area contributed by atoms with Crippen molar-refractivity contribution in [1.82, 2.24) is 10.6 Å². The largest absolute Gasteiger partial charge is 0.491 e. The van der Waals surface area contributed by atoms with Gasteiger partial charge in [-0.2, -0.15) is 13.2 Å². The van der Waals surface area contributed by atoms with Gasteiger partial charge in [0.05, 0.1) is 5.56 Å². The van der Waals surface area contributed by atoms with E-state index in [1.165, 1.54) is 21.9 Å². The third-order valence-corrected chi connectivity index (χ3v) is 6.53. The molecule has 178 valence electrons. The number of carbonyl (C=O) groups is 2. The van der Waals surface area contributed by atoms with Crippen LogP contribution >= 0.6 is 11.3 Å². The number of hydrogen-bond donors (Lipinski definition) is 2. The molecule has 0 saturated heterocycles. The molecule has 0 spiro atoms. The Hall–Kier alpha value is -3.17. The second kappa shape index (κ2) is 9.99. The summed E-state index contributed by atoms with van der Waals surface area (Å²) < 4.78 is 43.2. The Balaban J connectivity index is 1.47. The molecule has 0 bridgehead atoms. The fourth-order valence-electron chi connectivity index (χ4n) is 3.67. The summed E-state index contributed by atoms with van der Waals surface area (Å²) in [6, 6.07) is 17.8. The Kier molecular flexibility index (Phi) is 7.04. The van der Waals surface area contributed by atoms with Crippen LogP contribution in [-0.4, -0.2) is 24.1 Å². The summed E-state index contributed by atoms with van der Waals surface area (Å²) in [5.74, 6) is -3.32. The summed E-state index contributed by atoms with van der Waals surface area (Å²) in [6.45, 7) is 2.93. The van der Waals surface area contributed by atoms with Gasteiger partial charge < -0.3 is 15.4 Å². The van der Waals surface area contributed by atoms with Crippen molar-refractivity contribution in [3.63, 3.8) is 0 Å². The molecular weight excluding hydrogens is 465 g/mol. The van der Waals surface area contributed by atoms with E-state index in [-0.39, 0.29) is 24.1 Å². The van der Waals surface area contributed by atoms with Crippen LogP contribution in [0.3, 0.4) is 0 Å². The molecule has 1 amide bonds. The van der Waals surface area contributed by atoms with Gasteiger partial charge in [-0.3, -0.25) is 4.79 Å². The molecule has 1 aliphatic carbocycles. The lowest BCUT2D eigenvalue weighted by Gasteiger charge is -2.14. The number of thiophene rings is 1. The Morgan fingerprint density at radius 3 is 2.50 bits per heavy atom. The van der Waals surface area contributed by atoms with Gasteiger partial charge in [-0.1, -0.05) is 36.4 Å². The van der Waals surface area contributed by atoms with Crippen molar-refractivity contribution in [3.05, 3.63) is 87.1 Å². The quantitative estimate of drug-likeness (QED) is 0.342. The highest BCUT2D eigenvalue weighted by molar-refractivity contribution is 7.11. The number of ether oxygens (including phenoxy) is 1. The number of halogens is 3.